The summed E-state index contributed by atoms with van der Waals surface area (Å²) < 4.78 is 0. The van der Waals surface area contributed by atoms with Crippen molar-refractivity contribution in [3.63, 3.8) is 0 Å². The average molecular weight is 198 g/mol. The molecule has 3 nitrogen and oxygen atoms in total. The average Bonchev–Trinajstić information content (AvgIpc) is 2.26. The SMILES string of the molecule is CCCC(=O)N1CCCNCC1(C)C. The Bertz CT molecular complexity index is 201. The normalized spacial score (nSPS) is 21.8. The minimum absolute atomic E-state index is 0.0250. The fourth-order valence-corrected chi connectivity index (χ4v) is 1.97. The second-order valence-corrected chi connectivity index (χ2v) is 4.64. The van der Waals surface area contributed by atoms with E-state index in [1.54, 1.807) is 0 Å². The second-order valence-electron chi connectivity index (χ2n) is 4.64. The Morgan fingerprint density at radius 3 is 2.86 bits per heavy atom. The fourth-order valence-electron chi connectivity index (χ4n) is 1.97. The van der Waals surface area contributed by atoms with E-state index >= 15 is 0 Å². The van der Waals surface area contributed by atoms with Gasteiger partial charge in [0.05, 0.1) is 0 Å². The largest absolute Gasteiger partial charge is 0.336 e. The molecule has 0 radical (unpaired) electrons. The zero-order chi connectivity index (χ0) is 10.6. The van der Waals surface area contributed by atoms with Gasteiger partial charge in [-0.05, 0) is 33.2 Å². The van der Waals surface area contributed by atoms with Crippen LogP contribution in [0.25, 0.3) is 0 Å². The first-order valence-corrected chi connectivity index (χ1v) is 5.59. The molecule has 3 heteroatoms. The Morgan fingerprint density at radius 1 is 1.50 bits per heavy atom. The number of amides is 1. The molecule has 0 aromatic heterocycles. The molecular weight excluding hydrogens is 176 g/mol. The maximum absolute atomic E-state index is 11.9. The lowest BCUT2D eigenvalue weighted by Crippen LogP contribution is -2.51. The predicted octanol–water partition coefficient (Wildman–Crippen LogP) is 1.39. The molecule has 0 bridgehead atoms. The van der Waals surface area contributed by atoms with Gasteiger partial charge in [-0.1, -0.05) is 6.92 Å². The Morgan fingerprint density at radius 2 is 2.21 bits per heavy atom. The summed E-state index contributed by atoms with van der Waals surface area (Å²) in [6.07, 6.45) is 2.70. The molecule has 82 valence electrons. The number of hydrogen-bond acceptors (Lipinski definition) is 2. The Balaban J connectivity index is 2.66. The van der Waals surface area contributed by atoms with Crippen LogP contribution in [0.5, 0.6) is 0 Å². The highest BCUT2D eigenvalue weighted by Crippen LogP contribution is 2.17. The Labute approximate surface area is 86.9 Å². The Kier molecular flexibility index (Phi) is 3.93. The van der Waals surface area contributed by atoms with Gasteiger partial charge in [-0.15, -0.1) is 0 Å². The first kappa shape index (κ1) is 11.5. The van der Waals surface area contributed by atoms with E-state index < -0.39 is 0 Å². The van der Waals surface area contributed by atoms with Gasteiger partial charge < -0.3 is 10.2 Å². The van der Waals surface area contributed by atoms with E-state index in [1.165, 1.54) is 0 Å². The van der Waals surface area contributed by atoms with E-state index in [0.29, 0.717) is 12.3 Å². The van der Waals surface area contributed by atoms with Gasteiger partial charge in [0.1, 0.15) is 0 Å². The van der Waals surface area contributed by atoms with Gasteiger partial charge in [0.25, 0.3) is 0 Å². The molecule has 0 aromatic rings. The highest BCUT2D eigenvalue weighted by Gasteiger charge is 2.31. The van der Waals surface area contributed by atoms with Crippen LogP contribution in [0, 0.1) is 0 Å². The third-order valence-corrected chi connectivity index (χ3v) is 2.79. The molecule has 0 spiro atoms. The van der Waals surface area contributed by atoms with Crippen LogP contribution >= 0.6 is 0 Å². The molecule has 1 heterocycles. The van der Waals surface area contributed by atoms with Gasteiger partial charge in [-0.2, -0.15) is 0 Å². The van der Waals surface area contributed by atoms with Crippen molar-refractivity contribution < 1.29 is 4.79 Å². The van der Waals surface area contributed by atoms with Crippen LogP contribution in [-0.4, -0.2) is 36.0 Å². The highest BCUT2D eigenvalue weighted by molar-refractivity contribution is 5.77. The number of nitrogens with one attached hydrogen (secondary N) is 1. The molecule has 0 saturated carbocycles. The van der Waals surface area contributed by atoms with Crippen molar-refractivity contribution in [2.75, 3.05) is 19.6 Å². The maximum Gasteiger partial charge on any atom is 0.223 e. The summed E-state index contributed by atoms with van der Waals surface area (Å²) in [6.45, 7) is 9.17. The van der Waals surface area contributed by atoms with Crippen LogP contribution in [0.2, 0.25) is 0 Å². The van der Waals surface area contributed by atoms with Gasteiger partial charge in [0.2, 0.25) is 5.91 Å². The van der Waals surface area contributed by atoms with Gasteiger partial charge in [-0.3, -0.25) is 4.79 Å². The monoisotopic (exact) mass is 198 g/mol. The fraction of sp³-hybridized carbons (Fsp3) is 0.909. The van der Waals surface area contributed by atoms with Crippen molar-refractivity contribution in [2.24, 2.45) is 0 Å². The lowest BCUT2D eigenvalue weighted by molar-refractivity contribution is -0.136. The summed E-state index contributed by atoms with van der Waals surface area (Å²) in [4.78, 5) is 13.9. The smallest absolute Gasteiger partial charge is 0.223 e. The van der Waals surface area contributed by atoms with Crippen molar-refractivity contribution in [1.82, 2.24) is 10.2 Å². The molecule has 0 atom stereocenters. The van der Waals surface area contributed by atoms with Crippen LogP contribution in [0.4, 0.5) is 0 Å². The van der Waals surface area contributed by atoms with Crippen molar-refractivity contribution in [2.45, 2.75) is 45.6 Å². The summed E-state index contributed by atoms with van der Waals surface area (Å²) >= 11 is 0. The molecule has 1 N–H and O–H groups in total. The van der Waals surface area contributed by atoms with E-state index in [1.807, 2.05) is 4.90 Å². The van der Waals surface area contributed by atoms with Crippen LogP contribution in [0.1, 0.15) is 40.0 Å². The quantitative estimate of drug-likeness (QED) is 0.727. The van der Waals surface area contributed by atoms with Crippen molar-refractivity contribution in [3.8, 4) is 0 Å². The van der Waals surface area contributed by atoms with E-state index in [9.17, 15) is 4.79 Å². The topological polar surface area (TPSA) is 32.3 Å². The molecule has 1 rings (SSSR count). The number of carbonyl (C=O) groups excluding carboxylic acids is 1. The minimum atomic E-state index is -0.0250. The predicted molar refractivity (Wildman–Crippen MR) is 58.2 cm³/mol. The van der Waals surface area contributed by atoms with Gasteiger partial charge in [-0.25, -0.2) is 0 Å². The molecule has 1 saturated heterocycles. The molecule has 0 aromatic carbocycles. The van der Waals surface area contributed by atoms with Crippen molar-refractivity contribution in [3.05, 3.63) is 0 Å². The number of rotatable bonds is 2. The summed E-state index contributed by atoms with van der Waals surface area (Å²) in [5.41, 5.74) is -0.0250. The van der Waals surface area contributed by atoms with Crippen molar-refractivity contribution >= 4 is 5.91 Å². The van der Waals surface area contributed by atoms with Gasteiger partial charge in [0.15, 0.2) is 0 Å². The van der Waals surface area contributed by atoms with Crippen molar-refractivity contribution in [1.29, 1.82) is 0 Å². The van der Waals surface area contributed by atoms with Gasteiger partial charge >= 0.3 is 0 Å². The summed E-state index contributed by atoms with van der Waals surface area (Å²) in [5.74, 6) is 0.307. The molecule has 14 heavy (non-hydrogen) atoms. The second kappa shape index (κ2) is 4.78. The first-order chi connectivity index (χ1) is 6.58. The third-order valence-electron chi connectivity index (χ3n) is 2.79. The molecule has 1 aliphatic heterocycles. The van der Waals surface area contributed by atoms with E-state index in [0.717, 1.165) is 32.5 Å². The van der Waals surface area contributed by atoms with Crippen LogP contribution in [-0.2, 0) is 4.79 Å². The first-order valence-electron chi connectivity index (χ1n) is 5.59. The summed E-state index contributed by atoms with van der Waals surface area (Å²) in [5, 5.41) is 3.37. The summed E-state index contributed by atoms with van der Waals surface area (Å²) in [7, 11) is 0. The highest BCUT2D eigenvalue weighted by atomic mass is 16.2. The van der Waals surface area contributed by atoms with E-state index in [-0.39, 0.29) is 5.54 Å². The lowest BCUT2D eigenvalue weighted by Gasteiger charge is -2.37. The molecule has 0 unspecified atom stereocenters. The molecule has 1 fully saturated rings. The minimum Gasteiger partial charge on any atom is -0.336 e. The zero-order valence-electron chi connectivity index (χ0n) is 9.60. The van der Waals surface area contributed by atoms with Crippen LogP contribution in [0.15, 0.2) is 0 Å². The standard InChI is InChI=1S/C11H22N2O/c1-4-6-10(14)13-8-5-7-12-9-11(13,2)3/h12H,4-9H2,1-3H3. The van der Waals surface area contributed by atoms with E-state index in [2.05, 4.69) is 26.1 Å². The zero-order valence-corrected chi connectivity index (χ0v) is 9.60. The Hall–Kier alpha value is -0.570. The lowest BCUT2D eigenvalue weighted by atomic mass is 10.0. The number of hydrogen-bond donors (Lipinski definition) is 1. The third kappa shape index (κ3) is 2.71. The summed E-state index contributed by atoms with van der Waals surface area (Å²) in [6, 6.07) is 0. The molecule has 1 aliphatic rings. The number of carbonyl (C=O) groups is 1. The molecule has 0 aliphatic carbocycles. The van der Waals surface area contributed by atoms with Crippen LogP contribution in [0.3, 0.4) is 0 Å². The number of nitrogens with zero attached hydrogens (tertiary/aromatic N) is 1. The molecular formula is C11H22N2O. The van der Waals surface area contributed by atoms with Gasteiger partial charge in [0, 0.05) is 25.0 Å². The maximum atomic E-state index is 11.9. The van der Waals surface area contributed by atoms with E-state index in [4.69, 9.17) is 0 Å². The molecule has 1 amide bonds. The van der Waals surface area contributed by atoms with Crippen LogP contribution < -0.4 is 5.32 Å².